The van der Waals surface area contributed by atoms with Crippen LogP contribution in [-0.2, 0) is 10.2 Å². The molecule has 3 N–H and O–H groups in total. The quantitative estimate of drug-likeness (QED) is 0.752. The van der Waals surface area contributed by atoms with Crippen molar-refractivity contribution >= 4 is 23.4 Å². The van der Waals surface area contributed by atoms with Gasteiger partial charge < -0.3 is 10.4 Å². The van der Waals surface area contributed by atoms with Crippen LogP contribution in [0.3, 0.4) is 0 Å². The molecular weight excluding hydrogens is 356 g/mol. The molecule has 4 aliphatic rings. The average Bonchev–Trinajstić information content (AvgIpc) is 3.60. The molecule has 0 aromatic carbocycles. The first-order valence-corrected chi connectivity index (χ1v) is 10.4. The van der Waals surface area contributed by atoms with E-state index in [1.165, 1.54) is 12.8 Å². The lowest BCUT2D eigenvalue weighted by atomic mass is 9.92. The molecule has 3 heterocycles. The minimum Gasteiger partial charge on any atom is -0.393 e. The van der Waals surface area contributed by atoms with E-state index in [-0.39, 0.29) is 18.1 Å². The molecule has 2 atom stereocenters. The molecule has 0 unspecified atom stereocenters. The Morgan fingerprint density at radius 1 is 1.21 bits per heavy atom. The van der Waals surface area contributed by atoms with Gasteiger partial charge in [0.25, 0.3) is 0 Å². The summed E-state index contributed by atoms with van der Waals surface area (Å²) in [5.74, 6) is 1.91. The molecule has 0 bridgehead atoms. The van der Waals surface area contributed by atoms with Crippen LogP contribution in [-0.4, -0.2) is 43.3 Å². The molecule has 8 nitrogen and oxygen atoms in total. The number of nitrogens with one attached hydrogen (secondary N) is 2. The van der Waals surface area contributed by atoms with Crippen LogP contribution < -0.4 is 10.2 Å². The maximum atomic E-state index is 13.3. The van der Waals surface area contributed by atoms with Crippen LogP contribution in [0.25, 0.3) is 0 Å². The van der Waals surface area contributed by atoms with Crippen molar-refractivity contribution in [3.8, 4) is 0 Å². The number of rotatable bonds is 4. The maximum absolute atomic E-state index is 13.3. The standard InChI is InChI=1S/C20H24N6O2/c27-13-3-1-2-12(8-13)26-17-14(20(6-7-20)18(26)28)9-21-19(24-17)23-15-10-22-25-16(15)11-4-5-11/h9-13,27H,1-8H2,(H,22,25)(H,21,23,24)/t12-,13-/m1/s1. The molecule has 8 heteroatoms. The highest BCUT2D eigenvalue weighted by Gasteiger charge is 2.61. The smallest absolute Gasteiger partial charge is 0.239 e. The predicted octanol–water partition coefficient (Wildman–Crippen LogP) is 2.50. The number of carbonyl (C=O) groups is 1. The molecule has 6 rings (SSSR count). The Hall–Kier alpha value is -2.48. The number of amides is 1. The SMILES string of the molecule is O=C1N([C@@H]2CCC[C@@H](O)C2)c2nc(Nc3cn[nH]c3C3CC3)ncc2C12CC2. The number of anilines is 3. The van der Waals surface area contributed by atoms with E-state index in [4.69, 9.17) is 4.98 Å². The largest absolute Gasteiger partial charge is 0.393 e. The van der Waals surface area contributed by atoms with Gasteiger partial charge in [-0.3, -0.25) is 14.8 Å². The van der Waals surface area contributed by atoms with Crippen molar-refractivity contribution in [2.45, 2.75) is 74.8 Å². The van der Waals surface area contributed by atoms with Gasteiger partial charge in [-0.1, -0.05) is 0 Å². The second kappa shape index (κ2) is 5.76. The molecule has 1 aliphatic heterocycles. The first-order valence-electron chi connectivity index (χ1n) is 10.4. The van der Waals surface area contributed by atoms with E-state index in [1.807, 2.05) is 11.1 Å². The van der Waals surface area contributed by atoms with Gasteiger partial charge in [0.2, 0.25) is 11.9 Å². The summed E-state index contributed by atoms with van der Waals surface area (Å²) in [4.78, 5) is 24.4. The van der Waals surface area contributed by atoms with Gasteiger partial charge in [-0.15, -0.1) is 0 Å². The fourth-order valence-electron chi connectivity index (χ4n) is 4.92. The minimum atomic E-state index is -0.412. The minimum absolute atomic E-state index is 0.0219. The van der Waals surface area contributed by atoms with E-state index in [1.54, 1.807) is 6.20 Å². The van der Waals surface area contributed by atoms with Crippen LogP contribution in [0.2, 0.25) is 0 Å². The Morgan fingerprint density at radius 2 is 2.07 bits per heavy atom. The van der Waals surface area contributed by atoms with Gasteiger partial charge in [0.15, 0.2) is 0 Å². The Kier molecular flexibility index (Phi) is 3.39. The second-order valence-corrected chi connectivity index (χ2v) is 8.76. The van der Waals surface area contributed by atoms with Gasteiger partial charge in [-0.25, -0.2) is 4.98 Å². The number of aromatic nitrogens is 4. The summed E-state index contributed by atoms with van der Waals surface area (Å²) in [5.41, 5.74) is 2.56. The number of aliphatic hydroxyl groups is 1. The second-order valence-electron chi connectivity index (χ2n) is 8.76. The number of nitrogens with zero attached hydrogens (tertiary/aromatic N) is 4. The first kappa shape index (κ1) is 16.5. The molecule has 1 spiro atoms. The number of H-pyrrole nitrogens is 1. The zero-order valence-corrected chi connectivity index (χ0v) is 15.7. The van der Waals surface area contributed by atoms with E-state index in [2.05, 4.69) is 20.5 Å². The molecule has 3 aliphatic carbocycles. The third kappa shape index (κ3) is 2.40. The summed E-state index contributed by atoms with van der Waals surface area (Å²) < 4.78 is 0. The molecule has 1 amide bonds. The Balaban J connectivity index is 1.35. The molecule has 2 aromatic heterocycles. The Morgan fingerprint density at radius 3 is 2.82 bits per heavy atom. The van der Waals surface area contributed by atoms with Gasteiger partial charge in [-0.05, 0) is 51.4 Å². The van der Waals surface area contributed by atoms with E-state index >= 15 is 0 Å². The topological polar surface area (TPSA) is 107 Å². The van der Waals surface area contributed by atoms with Crippen LogP contribution in [0.5, 0.6) is 0 Å². The Labute approximate surface area is 162 Å². The molecule has 3 saturated carbocycles. The number of aromatic amines is 1. The van der Waals surface area contributed by atoms with Gasteiger partial charge >= 0.3 is 0 Å². The van der Waals surface area contributed by atoms with E-state index in [0.717, 1.165) is 54.9 Å². The molecule has 146 valence electrons. The van der Waals surface area contributed by atoms with Gasteiger partial charge in [0.05, 0.1) is 29.1 Å². The van der Waals surface area contributed by atoms with E-state index in [0.29, 0.717) is 18.3 Å². The highest BCUT2D eigenvalue weighted by molar-refractivity contribution is 6.09. The van der Waals surface area contributed by atoms with Gasteiger partial charge in [0, 0.05) is 23.7 Å². The van der Waals surface area contributed by atoms with Crippen molar-refractivity contribution in [1.29, 1.82) is 0 Å². The van der Waals surface area contributed by atoms with Crippen molar-refractivity contribution < 1.29 is 9.90 Å². The molecule has 0 radical (unpaired) electrons. The number of hydrogen-bond acceptors (Lipinski definition) is 6. The van der Waals surface area contributed by atoms with Crippen LogP contribution in [0.15, 0.2) is 12.4 Å². The van der Waals surface area contributed by atoms with E-state index in [9.17, 15) is 9.90 Å². The van der Waals surface area contributed by atoms with Gasteiger partial charge in [0.1, 0.15) is 5.82 Å². The summed E-state index contributed by atoms with van der Waals surface area (Å²) >= 11 is 0. The van der Waals surface area contributed by atoms with Crippen LogP contribution >= 0.6 is 0 Å². The lowest BCUT2D eigenvalue weighted by Gasteiger charge is -2.33. The molecule has 28 heavy (non-hydrogen) atoms. The average molecular weight is 380 g/mol. The number of hydrogen-bond donors (Lipinski definition) is 3. The number of carbonyl (C=O) groups excluding carboxylic acids is 1. The van der Waals surface area contributed by atoms with Crippen molar-refractivity contribution in [3.05, 3.63) is 23.7 Å². The lowest BCUT2D eigenvalue weighted by molar-refractivity contribution is -0.121. The van der Waals surface area contributed by atoms with Crippen molar-refractivity contribution in [2.24, 2.45) is 0 Å². The van der Waals surface area contributed by atoms with Crippen molar-refractivity contribution in [1.82, 2.24) is 20.2 Å². The van der Waals surface area contributed by atoms with Crippen LogP contribution in [0.1, 0.15) is 68.5 Å². The van der Waals surface area contributed by atoms with Gasteiger partial charge in [-0.2, -0.15) is 10.1 Å². The number of fused-ring (bicyclic) bond motifs is 2. The highest BCUT2D eigenvalue weighted by Crippen LogP contribution is 2.57. The molecule has 2 aromatic rings. The van der Waals surface area contributed by atoms with E-state index < -0.39 is 5.41 Å². The fourth-order valence-corrected chi connectivity index (χ4v) is 4.92. The van der Waals surface area contributed by atoms with Crippen molar-refractivity contribution in [2.75, 3.05) is 10.2 Å². The fraction of sp³-hybridized carbons (Fsp3) is 0.600. The summed E-state index contributed by atoms with van der Waals surface area (Å²) in [6.07, 6.45) is 10.7. The first-order chi connectivity index (χ1) is 13.7. The van der Waals surface area contributed by atoms with Crippen molar-refractivity contribution in [3.63, 3.8) is 0 Å². The van der Waals surface area contributed by atoms with Crippen LogP contribution in [0.4, 0.5) is 17.5 Å². The van der Waals surface area contributed by atoms with Crippen LogP contribution in [0, 0.1) is 0 Å². The number of aliphatic hydroxyl groups excluding tert-OH is 1. The summed E-state index contributed by atoms with van der Waals surface area (Å²) in [6.45, 7) is 0. The normalized spacial score (nSPS) is 27.9. The maximum Gasteiger partial charge on any atom is 0.239 e. The predicted molar refractivity (Wildman–Crippen MR) is 103 cm³/mol. The molecule has 0 saturated heterocycles. The zero-order chi connectivity index (χ0) is 18.9. The molecular formula is C20H24N6O2. The third-order valence-corrected chi connectivity index (χ3v) is 6.78. The molecule has 3 fully saturated rings. The third-order valence-electron chi connectivity index (χ3n) is 6.78. The Bertz CT molecular complexity index is 948. The summed E-state index contributed by atoms with van der Waals surface area (Å²) in [5, 5.41) is 20.7. The monoisotopic (exact) mass is 380 g/mol. The summed E-state index contributed by atoms with van der Waals surface area (Å²) in [6, 6.07) is 0.0219. The summed E-state index contributed by atoms with van der Waals surface area (Å²) in [7, 11) is 0. The lowest BCUT2D eigenvalue weighted by Crippen LogP contribution is -2.44. The zero-order valence-electron chi connectivity index (χ0n) is 15.7. The highest BCUT2D eigenvalue weighted by atomic mass is 16.3.